The maximum atomic E-state index is 9.98. The summed E-state index contributed by atoms with van der Waals surface area (Å²) < 4.78 is 6.20. The molecule has 0 spiro atoms. The van der Waals surface area contributed by atoms with Gasteiger partial charge in [0.2, 0.25) is 0 Å². The minimum atomic E-state index is -1.41. The van der Waals surface area contributed by atoms with Crippen molar-refractivity contribution in [1.82, 2.24) is 9.80 Å². The Balaban J connectivity index is 0. The zero-order valence-corrected chi connectivity index (χ0v) is 18.6. The molecule has 0 amide bonds. The molecule has 0 aliphatic rings. The van der Waals surface area contributed by atoms with Crippen LogP contribution in [0.1, 0.15) is 64.2 Å². The highest BCUT2D eigenvalue weighted by molar-refractivity contribution is 5.72. The lowest BCUT2D eigenvalue weighted by Gasteiger charge is -2.08. The van der Waals surface area contributed by atoms with Gasteiger partial charge < -0.3 is 19.5 Å². The lowest BCUT2D eigenvalue weighted by molar-refractivity contribution is -0.470. The summed E-state index contributed by atoms with van der Waals surface area (Å²) in [5.74, 6) is 0.769. The van der Waals surface area contributed by atoms with Gasteiger partial charge in [-0.3, -0.25) is 15.2 Å². The van der Waals surface area contributed by atoms with Gasteiger partial charge in [0.15, 0.2) is 0 Å². The second kappa shape index (κ2) is 19.3. The molecule has 0 aromatic rings. The Bertz CT molecular complexity index is 381. The lowest BCUT2D eigenvalue weighted by atomic mass is 10.1. The summed E-state index contributed by atoms with van der Waals surface area (Å²) in [7, 11) is 11.9. The lowest BCUT2D eigenvalue weighted by Crippen LogP contribution is -2.36. The smallest absolute Gasteiger partial charge is 0.344 e. The van der Waals surface area contributed by atoms with Crippen LogP contribution in [0, 0.1) is 0 Å². The van der Waals surface area contributed by atoms with Crippen LogP contribution in [0.5, 0.6) is 0 Å². The first-order chi connectivity index (χ1) is 12.7. The van der Waals surface area contributed by atoms with Crippen LogP contribution in [0.2, 0.25) is 0 Å². The largest absolute Gasteiger partial charge is 0.550 e. The summed E-state index contributed by atoms with van der Waals surface area (Å²) in [5.41, 5.74) is 5.53. The first-order valence-corrected chi connectivity index (χ1v) is 10.1. The summed E-state index contributed by atoms with van der Waals surface area (Å²) in [6, 6.07) is 0. The fraction of sp³-hybridized carbons (Fsp3) is 0.900. The fourth-order valence-electron chi connectivity index (χ4n) is 2.50. The van der Waals surface area contributed by atoms with Crippen LogP contribution in [0.25, 0.3) is 0 Å². The van der Waals surface area contributed by atoms with Gasteiger partial charge in [-0.25, -0.2) is 0 Å². The molecule has 0 fully saturated rings. The third kappa shape index (κ3) is 24.5. The first kappa shape index (κ1) is 27.7. The third-order valence-electron chi connectivity index (χ3n) is 4.14. The Morgan fingerprint density at radius 3 is 1.56 bits per heavy atom. The molecule has 0 atom stereocenters. The number of rotatable bonds is 13. The van der Waals surface area contributed by atoms with E-state index in [1.807, 2.05) is 37.7 Å². The Morgan fingerprint density at radius 2 is 1.26 bits per heavy atom. The second-order valence-corrected chi connectivity index (χ2v) is 7.58. The molecule has 0 saturated carbocycles. The average molecular weight is 389 g/mol. The van der Waals surface area contributed by atoms with Crippen LogP contribution in [-0.4, -0.2) is 81.9 Å². The third-order valence-corrected chi connectivity index (χ3v) is 4.14. The Morgan fingerprint density at radius 1 is 0.852 bits per heavy atom. The monoisotopic (exact) mass is 388 g/mol. The summed E-state index contributed by atoms with van der Waals surface area (Å²) in [6.07, 6.45) is 10.9. The molecule has 27 heavy (non-hydrogen) atoms. The van der Waals surface area contributed by atoms with Gasteiger partial charge in [-0.15, -0.1) is 0 Å². The molecule has 7 heteroatoms. The Kier molecular flexibility index (Phi) is 19.8. The molecule has 7 nitrogen and oxygen atoms in total. The van der Waals surface area contributed by atoms with Crippen molar-refractivity contribution in [2.75, 3.05) is 55.4 Å². The van der Waals surface area contributed by atoms with Gasteiger partial charge in [0, 0.05) is 6.61 Å². The van der Waals surface area contributed by atoms with E-state index in [9.17, 15) is 9.90 Å². The molecule has 162 valence electrons. The van der Waals surface area contributed by atoms with E-state index in [1.165, 1.54) is 57.9 Å². The predicted molar refractivity (Wildman–Crippen MR) is 111 cm³/mol. The van der Waals surface area contributed by atoms with Gasteiger partial charge in [0.1, 0.15) is 0 Å². The fourth-order valence-corrected chi connectivity index (χ4v) is 2.50. The molecule has 0 aliphatic heterocycles. The minimum Gasteiger partial charge on any atom is -0.550 e. The van der Waals surface area contributed by atoms with Crippen LogP contribution in [-0.2, 0) is 4.74 Å². The normalized spacial score (nSPS) is 10.2. The summed E-state index contributed by atoms with van der Waals surface area (Å²) in [4.78, 5) is 14.1. The molecular weight excluding hydrogens is 344 g/mol. The van der Waals surface area contributed by atoms with E-state index in [0.29, 0.717) is 0 Å². The highest BCUT2D eigenvalue weighted by Crippen LogP contribution is 2.10. The highest BCUT2D eigenvalue weighted by atomic mass is 16.7. The standard InChI is InChI=1S/C15H31NO3.C5H13N3/c1-16(2)13-11-9-7-5-3-4-6-8-10-12-14-19-15(17)18;1-7(2)5(6)8(3)4/h3-14H2,1-2H3,(H,17,18);6H,1-4H3. The van der Waals surface area contributed by atoms with Gasteiger partial charge in [-0.1, -0.05) is 51.4 Å². The number of ether oxygens (including phenoxy) is 1. The number of guanidine groups is 1. The van der Waals surface area contributed by atoms with Crippen molar-refractivity contribution in [3.8, 4) is 0 Å². The molecule has 2 N–H and O–H groups in total. The number of nitrogens with zero attached hydrogens (tertiary/aromatic N) is 3. The summed E-state index contributed by atoms with van der Waals surface area (Å²) in [5, 5.41) is 9.98. The molecule has 0 rings (SSSR count). The zero-order valence-electron chi connectivity index (χ0n) is 18.6. The first-order valence-electron chi connectivity index (χ1n) is 10.1. The van der Waals surface area contributed by atoms with Crippen LogP contribution < -0.4 is 10.8 Å². The number of carbonyl (C=O) groups excluding carboxylic acids is 1. The summed E-state index contributed by atoms with van der Waals surface area (Å²) >= 11 is 0. The van der Waals surface area contributed by atoms with Crippen molar-refractivity contribution < 1.29 is 19.2 Å². The van der Waals surface area contributed by atoms with Crippen molar-refractivity contribution in [3.63, 3.8) is 0 Å². The molecule has 0 radical (unpaired) electrons. The molecule has 0 saturated heterocycles. The number of nitrogens with two attached hydrogens (primary N) is 1. The van der Waals surface area contributed by atoms with Crippen molar-refractivity contribution in [2.24, 2.45) is 5.73 Å². The number of carboxylic acid groups (broad SMARTS) is 1. The Labute approximate surface area is 167 Å². The van der Waals surface area contributed by atoms with Crippen LogP contribution >= 0.6 is 0 Å². The van der Waals surface area contributed by atoms with Crippen molar-refractivity contribution in [3.05, 3.63) is 0 Å². The van der Waals surface area contributed by atoms with E-state index >= 15 is 0 Å². The molecule has 0 aliphatic carbocycles. The second-order valence-electron chi connectivity index (χ2n) is 7.58. The van der Waals surface area contributed by atoms with Crippen LogP contribution in [0.4, 0.5) is 4.79 Å². The number of unbranched alkanes of at least 4 members (excludes halogenated alkanes) is 9. The van der Waals surface area contributed by atoms with E-state index in [4.69, 9.17) is 5.73 Å². The predicted octanol–water partition coefficient (Wildman–Crippen LogP) is 1.94. The molecule has 0 aromatic heterocycles. The van der Waals surface area contributed by atoms with Gasteiger partial charge in [-0.05, 0) is 33.5 Å². The SMILES string of the molecule is CN(C)C(N)=[N+](C)C.CN(C)CCCCCCCCCCCCOC(=O)[O-]. The average Bonchev–Trinajstić information content (AvgIpc) is 2.58. The van der Waals surface area contributed by atoms with Gasteiger partial charge in [-0.2, -0.15) is 0 Å². The minimum absolute atomic E-state index is 0.286. The van der Waals surface area contributed by atoms with Crippen molar-refractivity contribution in [2.45, 2.75) is 64.2 Å². The van der Waals surface area contributed by atoms with E-state index in [0.717, 1.165) is 18.8 Å². The molecule has 0 heterocycles. The van der Waals surface area contributed by atoms with Crippen LogP contribution in [0.3, 0.4) is 0 Å². The van der Waals surface area contributed by atoms with E-state index in [2.05, 4.69) is 23.7 Å². The van der Waals surface area contributed by atoms with E-state index in [1.54, 1.807) is 0 Å². The molecule has 0 bridgehead atoms. The van der Waals surface area contributed by atoms with Gasteiger partial charge in [0.05, 0.1) is 28.2 Å². The molecule has 0 unspecified atom stereocenters. The van der Waals surface area contributed by atoms with Crippen LogP contribution in [0.15, 0.2) is 0 Å². The zero-order chi connectivity index (χ0) is 21.1. The topological polar surface area (TPSA) is 84.9 Å². The van der Waals surface area contributed by atoms with E-state index in [-0.39, 0.29) is 6.61 Å². The van der Waals surface area contributed by atoms with Crippen molar-refractivity contribution in [1.29, 1.82) is 0 Å². The number of hydrogen-bond donors (Lipinski definition) is 1. The van der Waals surface area contributed by atoms with Gasteiger partial charge >= 0.3 is 5.96 Å². The molecular formula is C20H44N4O3. The van der Waals surface area contributed by atoms with Gasteiger partial charge in [0.25, 0.3) is 6.16 Å². The maximum Gasteiger partial charge on any atom is 0.344 e. The molecule has 0 aromatic carbocycles. The van der Waals surface area contributed by atoms with E-state index < -0.39 is 6.16 Å². The maximum absolute atomic E-state index is 9.98. The Hall–Kier alpha value is -1.50. The van der Waals surface area contributed by atoms with Crippen molar-refractivity contribution >= 4 is 12.1 Å². The quantitative estimate of drug-likeness (QED) is 0.171. The summed E-state index contributed by atoms with van der Waals surface area (Å²) in [6.45, 7) is 1.49. The number of carbonyl (C=O) groups is 1. The number of hydrogen-bond acceptors (Lipinski definition) is 4. The highest BCUT2D eigenvalue weighted by Gasteiger charge is 2.00.